The summed E-state index contributed by atoms with van der Waals surface area (Å²) < 4.78 is 1.57. The fourth-order valence-corrected chi connectivity index (χ4v) is 7.30. The highest BCUT2D eigenvalue weighted by atomic mass is 35.5. The van der Waals surface area contributed by atoms with Gasteiger partial charge in [0, 0.05) is 11.6 Å². The van der Waals surface area contributed by atoms with Crippen LogP contribution >= 0.6 is 23.2 Å². The summed E-state index contributed by atoms with van der Waals surface area (Å²) in [6, 6.07) is 7.50. The molecule has 4 bridgehead atoms. The molecule has 4 aliphatic rings. The van der Waals surface area contributed by atoms with Gasteiger partial charge in [0.15, 0.2) is 0 Å². The number of carboxylic acid groups (broad SMARTS) is 1. The molecule has 164 valence electrons. The Morgan fingerprint density at radius 3 is 2.58 bits per heavy atom. The number of nitrogens with zero attached hydrogens (tertiary/aromatic N) is 2. The summed E-state index contributed by atoms with van der Waals surface area (Å²) >= 11 is 12.7. The van der Waals surface area contributed by atoms with Gasteiger partial charge < -0.3 is 10.4 Å². The summed E-state index contributed by atoms with van der Waals surface area (Å²) in [5, 5.41) is 18.0. The zero-order valence-electron chi connectivity index (χ0n) is 17.1. The molecule has 6 nitrogen and oxygen atoms in total. The largest absolute Gasteiger partial charge is 0.481 e. The third-order valence-corrected chi connectivity index (χ3v) is 8.21. The lowest BCUT2D eigenvalue weighted by molar-refractivity contribution is -0.151. The number of carboxylic acids is 1. The zero-order valence-corrected chi connectivity index (χ0v) is 18.6. The molecule has 0 saturated heterocycles. The van der Waals surface area contributed by atoms with E-state index in [1.54, 1.807) is 10.9 Å². The number of hydrogen-bond donors (Lipinski definition) is 2. The van der Waals surface area contributed by atoms with Crippen molar-refractivity contribution in [2.45, 2.75) is 57.0 Å². The van der Waals surface area contributed by atoms with Crippen molar-refractivity contribution in [1.82, 2.24) is 9.78 Å². The molecule has 1 aromatic heterocycles. The van der Waals surface area contributed by atoms with Crippen LogP contribution in [0.4, 0.5) is 5.69 Å². The van der Waals surface area contributed by atoms with Gasteiger partial charge in [-0.25, -0.2) is 4.68 Å². The number of aliphatic carboxylic acids is 1. The molecule has 4 aliphatic carbocycles. The Bertz CT molecular complexity index is 1090. The van der Waals surface area contributed by atoms with Crippen LogP contribution in [0.25, 0.3) is 0 Å². The van der Waals surface area contributed by atoms with Gasteiger partial charge in [-0.3, -0.25) is 9.59 Å². The second-order valence-electron chi connectivity index (χ2n) is 9.79. The molecule has 4 fully saturated rings. The third kappa shape index (κ3) is 3.64. The lowest BCUT2D eigenvalue weighted by Gasteiger charge is -2.61. The van der Waals surface area contributed by atoms with Gasteiger partial charge in [-0.05, 0) is 67.4 Å². The number of aromatic nitrogens is 2. The van der Waals surface area contributed by atoms with E-state index in [1.165, 1.54) is 0 Å². The Kier molecular flexibility index (Phi) is 5.05. The topological polar surface area (TPSA) is 84.2 Å². The van der Waals surface area contributed by atoms with Crippen molar-refractivity contribution in [3.63, 3.8) is 0 Å². The van der Waals surface area contributed by atoms with E-state index in [9.17, 15) is 14.7 Å². The highest BCUT2D eigenvalue weighted by molar-refractivity contribution is 6.33. The predicted molar refractivity (Wildman–Crippen MR) is 120 cm³/mol. The summed E-state index contributed by atoms with van der Waals surface area (Å²) in [6.45, 7) is 0.432. The van der Waals surface area contributed by atoms with Crippen molar-refractivity contribution < 1.29 is 9.90 Å². The van der Waals surface area contributed by atoms with Crippen LogP contribution in [0.15, 0.2) is 35.3 Å². The first kappa shape index (κ1) is 20.8. The molecule has 2 atom stereocenters. The minimum absolute atomic E-state index is 0.116. The number of halogens is 2. The monoisotopic (exact) mass is 461 g/mol. The normalized spacial score (nSPS) is 31.0. The predicted octanol–water partition coefficient (Wildman–Crippen LogP) is 4.93. The molecule has 2 aromatic rings. The Morgan fingerprint density at radius 1 is 1.19 bits per heavy atom. The molecule has 1 aromatic carbocycles. The Hall–Kier alpha value is -2.05. The molecular formula is C23H25Cl2N3O3. The van der Waals surface area contributed by atoms with Crippen molar-refractivity contribution in [1.29, 1.82) is 0 Å². The minimum Gasteiger partial charge on any atom is -0.481 e. The molecule has 8 heteroatoms. The van der Waals surface area contributed by atoms with E-state index in [1.807, 2.05) is 24.3 Å². The Morgan fingerprint density at radius 2 is 1.90 bits per heavy atom. The third-order valence-electron chi connectivity index (χ3n) is 7.47. The fraction of sp³-hybridized carbons (Fsp3) is 0.522. The molecule has 4 saturated carbocycles. The number of carbonyl (C=O) groups is 1. The van der Waals surface area contributed by atoms with Crippen LogP contribution in [-0.4, -0.2) is 20.9 Å². The number of hydrogen-bond acceptors (Lipinski definition) is 4. The van der Waals surface area contributed by atoms with Crippen molar-refractivity contribution in [3.8, 4) is 0 Å². The van der Waals surface area contributed by atoms with E-state index in [0.29, 0.717) is 35.5 Å². The van der Waals surface area contributed by atoms with E-state index in [4.69, 9.17) is 23.2 Å². The first-order valence-electron chi connectivity index (χ1n) is 10.8. The average molecular weight is 462 g/mol. The van der Waals surface area contributed by atoms with E-state index in [0.717, 1.165) is 37.7 Å². The number of anilines is 1. The molecule has 0 amide bonds. The molecule has 0 spiro atoms. The first-order valence-corrected chi connectivity index (χ1v) is 11.5. The van der Waals surface area contributed by atoms with Crippen molar-refractivity contribution in [2.75, 3.05) is 5.32 Å². The first-order chi connectivity index (χ1) is 14.8. The van der Waals surface area contributed by atoms with Crippen LogP contribution in [-0.2, 0) is 16.9 Å². The Balaban J connectivity index is 1.44. The van der Waals surface area contributed by atoms with Crippen LogP contribution in [0.1, 0.15) is 50.5 Å². The average Bonchev–Trinajstić information content (AvgIpc) is 2.68. The van der Waals surface area contributed by atoms with Crippen LogP contribution in [0.3, 0.4) is 0 Å². The summed E-state index contributed by atoms with van der Waals surface area (Å²) in [5.41, 5.74) is 0.415. The maximum absolute atomic E-state index is 13.3. The van der Waals surface area contributed by atoms with Gasteiger partial charge in [0.1, 0.15) is 5.02 Å². The summed E-state index contributed by atoms with van der Waals surface area (Å²) in [5.74, 6) is 0.145. The highest BCUT2D eigenvalue weighted by Crippen LogP contribution is 2.65. The molecule has 1 heterocycles. The molecule has 0 unspecified atom stereocenters. The molecule has 6 rings (SSSR count). The van der Waals surface area contributed by atoms with Crippen LogP contribution < -0.4 is 10.9 Å². The lowest BCUT2D eigenvalue weighted by atomic mass is 9.46. The van der Waals surface area contributed by atoms with Gasteiger partial charge in [-0.2, -0.15) is 5.10 Å². The second kappa shape index (κ2) is 7.52. The van der Waals surface area contributed by atoms with E-state index in [2.05, 4.69) is 10.4 Å². The Labute approximate surface area is 190 Å². The minimum atomic E-state index is -0.755. The molecule has 31 heavy (non-hydrogen) atoms. The van der Waals surface area contributed by atoms with Gasteiger partial charge in [0.05, 0.1) is 23.8 Å². The maximum atomic E-state index is 13.3. The number of benzene rings is 1. The SMILES string of the molecule is O=C(O)CC12C[C@@H]3C[C@@H](C1)CC(n1ncc(NCc4ccccc4Cl)c(Cl)c1=O)(C3)C2. The van der Waals surface area contributed by atoms with Gasteiger partial charge in [0.2, 0.25) is 0 Å². The van der Waals surface area contributed by atoms with E-state index >= 15 is 0 Å². The summed E-state index contributed by atoms with van der Waals surface area (Å²) in [4.78, 5) is 24.9. The van der Waals surface area contributed by atoms with E-state index in [-0.39, 0.29) is 22.4 Å². The molecule has 0 radical (unpaired) electrons. The van der Waals surface area contributed by atoms with Crippen LogP contribution in [0, 0.1) is 17.3 Å². The lowest BCUT2D eigenvalue weighted by Crippen LogP contribution is -2.59. The molecular weight excluding hydrogens is 437 g/mol. The quantitative estimate of drug-likeness (QED) is 0.636. The van der Waals surface area contributed by atoms with Crippen LogP contribution in [0.5, 0.6) is 0 Å². The van der Waals surface area contributed by atoms with Gasteiger partial charge >= 0.3 is 5.97 Å². The van der Waals surface area contributed by atoms with Gasteiger partial charge in [-0.1, -0.05) is 41.4 Å². The van der Waals surface area contributed by atoms with Gasteiger partial charge in [0.25, 0.3) is 5.56 Å². The smallest absolute Gasteiger partial charge is 0.303 e. The second-order valence-corrected chi connectivity index (χ2v) is 10.6. The fourth-order valence-electron chi connectivity index (χ4n) is 6.90. The standard InChI is InChI=1S/C23H25Cl2N3O3/c24-17-4-2-1-3-16(17)11-26-18-12-27-28(21(31)20(18)25)23-8-14-5-15(9-23)7-22(6-14,13-23)10-19(29)30/h1-4,12,14-15,26H,5-11,13H2,(H,29,30)/t14-,15-,22?,23?/m0/s1. The maximum Gasteiger partial charge on any atom is 0.303 e. The van der Waals surface area contributed by atoms with E-state index < -0.39 is 11.5 Å². The molecule has 2 N–H and O–H groups in total. The van der Waals surface area contributed by atoms with Crippen molar-refractivity contribution in [2.24, 2.45) is 17.3 Å². The zero-order chi connectivity index (χ0) is 21.8. The van der Waals surface area contributed by atoms with Crippen molar-refractivity contribution >= 4 is 34.9 Å². The highest BCUT2D eigenvalue weighted by Gasteiger charge is 2.59. The number of nitrogens with one attached hydrogen (secondary N) is 1. The number of rotatable bonds is 6. The van der Waals surface area contributed by atoms with Crippen molar-refractivity contribution in [3.05, 3.63) is 56.4 Å². The molecule has 0 aliphatic heterocycles. The van der Waals surface area contributed by atoms with Gasteiger partial charge in [-0.15, -0.1) is 0 Å². The summed E-state index contributed by atoms with van der Waals surface area (Å²) in [7, 11) is 0. The summed E-state index contributed by atoms with van der Waals surface area (Å²) in [6.07, 6.45) is 7.23. The van der Waals surface area contributed by atoms with Crippen LogP contribution in [0.2, 0.25) is 10.0 Å².